The summed E-state index contributed by atoms with van der Waals surface area (Å²) < 4.78 is 0. The molecule has 17 heavy (non-hydrogen) atoms. The van der Waals surface area contributed by atoms with Gasteiger partial charge >= 0.3 is 0 Å². The molecule has 1 aromatic heterocycles. The summed E-state index contributed by atoms with van der Waals surface area (Å²) in [5, 5.41) is 3.57. The normalized spacial score (nSPS) is 13.6. The first-order chi connectivity index (χ1) is 8.03. The number of nitrogens with zero attached hydrogens (tertiary/aromatic N) is 2. The number of nitrogens with one attached hydrogen (secondary N) is 1. The first-order valence-corrected chi connectivity index (χ1v) is 6.52. The molecule has 3 heteroatoms. The molecule has 0 aliphatic heterocycles. The highest BCUT2D eigenvalue weighted by molar-refractivity contribution is 5.04. The van der Waals surface area contributed by atoms with Gasteiger partial charge in [0.25, 0.3) is 0 Å². The van der Waals surface area contributed by atoms with E-state index < -0.39 is 0 Å². The molecule has 0 saturated carbocycles. The van der Waals surface area contributed by atoms with Crippen LogP contribution in [0.15, 0.2) is 18.6 Å². The Morgan fingerprint density at radius 2 is 2.12 bits per heavy atom. The fourth-order valence-electron chi connectivity index (χ4n) is 1.76. The summed E-state index contributed by atoms with van der Waals surface area (Å²) in [6.07, 6.45) is 6.92. The lowest BCUT2D eigenvalue weighted by molar-refractivity contribution is 0.330. The van der Waals surface area contributed by atoms with Gasteiger partial charge < -0.3 is 5.32 Å². The summed E-state index contributed by atoms with van der Waals surface area (Å²) in [6.45, 7) is 10.1. The third kappa shape index (κ3) is 5.78. The SMILES string of the molecule is CCCNC(CCC(C)(C)C)c1ccncn1. The largest absolute Gasteiger partial charge is 0.309 e. The Labute approximate surface area is 105 Å². The van der Waals surface area contributed by atoms with Crippen LogP contribution in [0.1, 0.15) is 58.7 Å². The molecular formula is C14H25N3. The molecule has 1 N–H and O–H groups in total. The van der Waals surface area contributed by atoms with Gasteiger partial charge in [-0.25, -0.2) is 9.97 Å². The van der Waals surface area contributed by atoms with E-state index in [4.69, 9.17) is 0 Å². The standard InChI is InChI=1S/C14H25N3/c1-5-9-16-12(6-8-14(2,3)4)13-7-10-15-11-17-13/h7,10-12,16H,5-6,8-9H2,1-4H3. The van der Waals surface area contributed by atoms with Gasteiger partial charge in [0, 0.05) is 12.2 Å². The second-order valence-electron chi connectivity index (χ2n) is 5.74. The maximum Gasteiger partial charge on any atom is 0.115 e. The van der Waals surface area contributed by atoms with Crippen LogP contribution < -0.4 is 5.32 Å². The molecule has 1 rings (SSSR count). The highest BCUT2D eigenvalue weighted by atomic mass is 14.9. The zero-order valence-electron chi connectivity index (χ0n) is 11.5. The highest BCUT2D eigenvalue weighted by Crippen LogP contribution is 2.26. The number of aromatic nitrogens is 2. The van der Waals surface area contributed by atoms with Crippen LogP contribution in [-0.4, -0.2) is 16.5 Å². The van der Waals surface area contributed by atoms with E-state index in [0.717, 1.165) is 25.1 Å². The molecule has 1 heterocycles. The number of hydrogen-bond acceptors (Lipinski definition) is 3. The molecular weight excluding hydrogens is 210 g/mol. The Morgan fingerprint density at radius 3 is 2.65 bits per heavy atom. The van der Waals surface area contributed by atoms with Gasteiger partial charge in [0.2, 0.25) is 0 Å². The predicted molar refractivity (Wildman–Crippen MR) is 71.8 cm³/mol. The maximum atomic E-state index is 4.36. The molecule has 1 aromatic rings. The van der Waals surface area contributed by atoms with Gasteiger partial charge in [0.1, 0.15) is 6.33 Å². The molecule has 0 aromatic carbocycles. The van der Waals surface area contributed by atoms with E-state index in [1.807, 2.05) is 12.3 Å². The van der Waals surface area contributed by atoms with Gasteiger partial charge in [0.15, 0.2) is 0 Å². The average Bonchev–Trinajstić information content (AvgIpc) is 2.29. The minimum atomic E-state index is 0.358. The Hall–Kier alpha value is -0.960. The predicted octanol–water partition coefficient (Wildman–Crippen LogP) is 3.34. The van der Waals surface area contributed by atoms with Crippen LogP contribution >= 0.6 is 0 Å². The summed E-state index contributed by atoms with van der Waals surface area (Å²) >= 11 is 0. The lowest BCUT2D eigenvalue weighted by Gasteiger charge is -2.23. The van der Waals surface area contributed by atoms with E-state index in [1.54, 1.807) is 6.33 Å². The third-order valence-electron chi connectivity index (χ3n) is 2.79. The van der Waals surface area contributed by atoms with Crippen LogP contribution in [0.2, 0.25) is 0 Å². The monoisotopic (exact) mass is 235 g/mol. The maximum absolute atomic E-state index is 4.36. The van der Waals surface area contributed by atoms with Gasteiger partial charge in [0.05, 0.1) is 5.69 Å². The fraction of sp³-hybridized carbons (Fsp3) is 0.714. The zero-order valence-corrected chi connectivity index (χ0v) is 11.5. The Balaban J connectivity index is 2.61. The van der Waals surface area contributed by atoms with Crippen molar-refractivity contribution in [3.8, 4) is 0 Å². The molecule has 0 aliphatic rings. The summed E-state index contributed by atoms with van der Waals surface area (Å²) in [5.41, 5.74) is 1.48. The van der Waals surface area contributed by atoms with Crippen molar-refractivity contribution in [2.24, 2.45) is 5.41 Å². The van der Waals surface area contributed by atoms with Crippen LogP contribution in [0.4, 0.5) is 0 Å². The quantitative estimate of drug-likeness (QED) is 0.821. The van der Waals surface area contributed by atoms with Crippen LogP contribution in [0, 0.1) is 5.41 Å². The van der Waals surface area contributed by atoms with Crippen molar-refractivity contribution in [3.05, 3.63) is 24.3 Å². The fourth-order valence-corrected chi connectivity index (χ4v) is 1.76. The van der Waals surface area contributed by atoms with Crippen molar-refractivity contribution in [3.63, 3.8) is 0 Å². The summed E-state index contributed by atoms with van der Waals surface area (Å²) in [7, 11) is 0. The average molecular weight is 235 g/mol. The lowest BCUT2D eigenvalue weighted by atomic mass is 9.88. The first kappa shape index (κ1) is 14.1. The Morgan fingerprint density at radius 1 is 1.35 bits per heavy atom. The molecule has 96 valence electrons. The third-order valence-corrected chi connectivity index (χ3v) is 2.79. The van der Waals surface area contributed by atoms with Gasteiger partial charge in [-0.05, 0) is 37.3 Å². The minimum Gasteiger partial charge on any atom is -0.309 e. The van der Waals surface area contributed by atoms with Crippen molar-refractivity contribution in [2.45, 2.75) is 53.0 Å². The van der Waals surface area contributed by atoms with Gasteiger partial charge in [-0.1, -0.05) is 27.7 Å². The molecule has 0 bridgehead atoms. The van der Waals surface area contributed by atoms with Crippen molar-refractivity contribution in [2.75, 3.05) is 6.54 Å². The van der Waals surface area contributed by atoms with Gasteiger partial charge in [-0.2, -0.15) is 0 Å². The molecule has 0 aliphatic carbocycles. The van der Waals surface area contributed by atoms with Gasteiger partial charge in [-0.3, -0.25) is 0 Å². The van der Waals surface area contributed by atoms with Crippen LogP contribution in [0.25, 0.3) is 0 Å². The topological polar surface area (TPSA) is 37.8 Å². The molecule has 1 unspecified atom stereocenters. The van der Waals surface area contributed by atoms with E-state index in [0.29, 0.717) is 11.5 Å². The van der Waals surface area contributed by atoms with E-state index in [2.05, 4.69) is 43.0 Å². The molecule has 0 amide bonds. The summed E-state index contributed by atoms with van der Waals surface area (Å²) in [6, 6.07) is 2.37. The number of rotatable bonds is 6. The van der Waals surface area contributed by atoms with Crippen molar-refractivity contribution >= 4 is 0 Å². The van der Waals surface area contributed by atoms with Crippen LogP contribution in [-0.2, 0) is 0 Å². The molecule has 0 fully saturated rings. The second-order valence-corrected chi connectivity index (χ2v) is 5.74. The van der Waals surface area contributed by atoms with E-state index in [9.17, 15) is 0 Å². The summed E-state index contributed by atoms with van der Waals surface area (Å²) in [5.74, 6) is 0. The second kappa shape index (κ2) is 6.70. The first-order valence-electron chi connectivity index (χ1n) is 6.52. The van der Waals surface area contributed by atoms with Crippen molar-refractivity contribution in [1.29, 1.82) is 0 Å². The molecule has 1 atom stereocenters. The summed E-state index contributed by atoms with van der Waals surface area (Å²) in [4.78, 5) is 8.34. The van der Waals surface area contributed by atoms with E-state index in [-0.39, 0.29) is 0 Å². The van der Waals surface area contributed by atoms with Crippen molar-refractivity contribution < 1.29 is 0 Å². The van der Waals surface area contributed by atoms with E-state index >= 15 is 0 Å². The van der Waals surface area contributed by atoms with Crippen LogP contribution in [0.5, 0.6) is 0 Å². The smallest absolute Gasteiger partial charge is 0.115 e. The zero-order chi connectivity index (χ0) is 12.7. The molecule has 0 saturated heterocycles. The Bertz CT molecular complexity index is 303. The Kier molecular flexibility index (Phi) is 5.56. The minimum absolute atomic E-state index is 0.358. The molecule has 0 spiro atoms. The van der Waals surface area contributed by atoms with Gasteiger partial charge in [-0.15, -0.1) is 0 Å². The lowest BCUT2D eigenvalue weighted by Crippen LogP contribution is -2.24. The highest BCUT2D eigenvalue weighted by Gasteiger charge is 2.17. The molecule has 0 radical (unpaired) electrons. The number of hydrogen-bond donors (Lipinski definition) is 1. The molecule has 3 nitrogen and oxygen atoms in total. The van der Waals surface area contributed by atoms with Crippen LogP contribution in [0.3, 0.4) is 0 Å². The van der Waals surface area contributed by atoms with Crippen molar-refractivity contribution in [1.82, 2.24) is 15.3 Å². The van der Waals surface area contributed by atoms with E-state index in [1.165, 1.54) is 6.42 Å².